The van der Waals surface area contributed by atoms with Crippen LogP contribution in [0.15, 0.2) is 34.2 Å². The predicted molar refractivity (Wildman–Crippen MR) is 121 cm³/mol. The van der Waals surface area contributed by atoms with Crippen molar-refractivity contribution < 1.29 is 9.59 Å². The number of ketones is 2. The van der Waals surface area contributed by atoms with Crippen LogP contribution < -0.4 is 5.56 Å². The van der Waals surface area contributed by atoms with E-state index in [4.69, 9.17) is 0 Å². The van der Waals surface area contributed by atoms with E-state index >= 15 is 0 Å². The molecule has 0 bridgehead atoms. The highest BCUT2D eigenvalue weighted by Gasteiger charge is 2.26. The summed E-state index contributed by atoms with van der Waals surface area (Å²) in [5.74, 6) is 0.0663. The summed E-state index contributed by atoms with van der Waals surface area (Å²) in [6.45, 7) is 11.5. The minimum atomic E-state index is -0.479. The Hall–Kier alpha value is -2.67. The zero-order valence-corrected chi connectivity index (χ0v) is 19.0. The van der Waals surface area contributed by atoms with Crippen LogP contribution in [-0.4, -0.2) is 31.4 Å². The van der Waals surface area contributed by atoms with Crippen molar-refractivity contribution >= 4 is 34.2 Å². The van der Waals surface area contributed by atoms with Crippen LogP contribution in [0.3, 0.4) is 0 Å². The van der Waals surface area contributed by atoms with Gasteiger partial charge in [-0.25, -0.2) is 4.98 Å². The van der Waals surface area contributed by atoms with Crippen LogP contribution in [0.2, 0.25) is 0 Å². The predicted octanol–water partition coefficient (Wildman–Crippen LogP) is 4.56. The Morgan fingerprint density at radius 2 is 1.83 bits per heavy atom. The van der Waals surface area contributed by atoms with Crippen molar-refractivity contribution in [1.82, 2.24) is 14.5 Å². The van der Waals surface area contributed by atoms with Gasteiger partial charge in [0.1, 0.15) is 0 Å². The van der Waals surface area contributed by atoms with Crippen molar-refractivity contribution in [3.05, 3.63) is 57.1 Å². The van der Waals surface area contributed by atoms with E-state index in [2.05, 4.69) is 9.97 Å². The van der Waals surface area contributed by atoms with Crippen LogP contribution in [0.5, 0.6) is 0 Å². The Morgan fingerprint density at radius 1 is 1.17 bits per heavy atom. The van der Waals surface area contributed by atoms with Crippen LogP contribution in [-0.2, 0) is 6.54 Å². The lowest BCUT2D eigenvalue weighted by atomic mass is 10.0. The van der Waals surface area contributed by atoms with E-state index in [-0.39, 0.29) is 23.0 Å². The number of nitrogens with zero attached hydrogens (tertiary/aromatic N) is 2. The van der Waals surface area contributed by atoms with E-state index in [1.54, 1.807) is 31.4 Å². The second-order valence-electron chi connectivity index (χ2n) is 8.03. The summed E-state index contributed by atoms with van der Waals surface area (Å²) in [6, 6.07) is 7.26. The van der Waals surface area contributed by atoms with Gasteiger partial charge in [0.25, 0.3) is 5.56 Å². The molecule has 0 saturated carbocycles. The number of aromatic amines is 1. The second kappa shape index (κ2) is 8.60. The number of rotatable bonds is 7. The maximum absolute atomic E-state index is 13.2. The third kappa shape index (κ3) is 4.12. The molecule has 0 spiro atoms. The number of aryl methyl sites for hydroxylation is 1. The van der Waals surface area contributed by atoms with Gasteiger partial charge in [0.15, 0.2) is 16.7 Å². The lowest BCUT2D eigenvalue weighted by Gasteiger charge is -2.17. The Kier molecular flexibility index (Phi) is 6.31. The molecule has 0 unspecified atom stereocenters. The second-order valence-corrected chi connectivity index (χ2v) is 9.33. The molecule has 0 radical (unpaired) electrons. The zero-order chi connectivity index (χ0) is 22.2. The molecular weight excluding hydrogens is 398 g/mol. The number of hydrogen-bond acceptors (Lipinski definition) is 5. The fraction of sp³-hybridized carbons (Fsp3) is 0.391. The maximum Gasteiger partial charge on any atom is 0.262 e. The topological polar surface area (TPSA) is 84.8 Å². The number of carbonyl (C=O) groups is 2. The van der Waals surface area contributed by atoms with Gasteiger partial charge in [-0.05, 0) is 51.3 Å². The van der Waals surface area contributed by atoms with Crippen molar-refractivity contribution in [3.63, 3.8) is 0 Å². The molecule has 0 amide bonds. The van der Waals surface area contributed by atoms with Crippen molar-refractivity contribution in [2.24, 2.45) is 5.92 Å². The molecule has 1 atom stereocenters. The van der Waals surface area contributed by atoms with E-state index in [1.165, 1.54) is 18.7 Å². The summed E-state index contributed by atoms with van der Waals surface area (Å²) in [4.78, 5) is 45.9. The molecule has 7 heteroatoms. The number of Topliss-reactive ketones (excluding diaryl/α,β-unsaturated/α-hetero) is 2. The van der Waals surface area contributed by atoms with Crippen LogP contribution in [0.1, 0.15) is 59.8 Å². The first-order valence-electron chi connectivity index (χ1n) is 10.0. The summed E-state index contributed by atoms with van der Waals surface area (Å²) < 4.78 is 1.66. The van der Waals surface area contributed by atoms with E-state index < -0.39 is 5.25 Å². The molecule has 0 saturated heterocycles. The first-order valence-corrected chi connectivity index (χ1v) is 10.9. The van der Waals surface area contributed by atoms with E-state index in [1.807, 2.05) is 32.0 Å². The average molecular weight is 426 g/mol. The summed E-state index contributed by atoms with van der Waals surface area (Å²) >= 11 is 1.27. The highest BCUT2D eigenvalue weighted by molar-refractivity contribution is 8.00. The number of benzene rings is 1. The molecule has 3 aromatic rings. The molecule has 0 fully saturated rings. The highest BCUT2D eigenvalue weighted by atomic mass is 32.2. The monoisotopic (exact) mass is 425 g/mol. The number of carbonyl (C=O) groups excluding carboxylic acids is 2. The molecule has 2 aromatic heterocycles. The number of thioether (sulfide) groups is 1. The molecule has 30 heavy (non-hydrogen) atoms. The first-order chi connectivity index (χ1) is 14.1. The minimum Gasteiger partial charge on any atom is -0.355 e. The lowest BCUT2D eigenvalue weighted by molar-refractivity contribution is 0.0988. The maximum atomic E-state index is 13.2. The first kappa shape index (κ1) is 22.0. The summed E-state index contributed by atoms with van der Waals surface area (Å²) in [5.41, 5.74) is 2.90. The van der Waals surface area contributed by atoms with Gasteiger partial charge in [-0.2, -0.15) is 0 Å². The van der Waals surface area contributed by atoms with Crippen LogP contribution in [0, 0.1) is 19.8 Å². The Labute approximate surface area is 180 Å². The van der Waals surface area contributed by atoms with Crippen molar-refractivity contribution in [3.8, 4) is 0 Å². The zero-order valence-electron chi connectivity index (χ0n) is 18.2. The number of fused-ring (bicyclic) bond motifs is 1. The molecule has 3 rings (SSSR count). The Balaban J connectivity index is 2.01. The van der Waals surface area contributed by atoms with Gasteiger partial charge in [-0.15, -0.1) is 0 Å². The third-order valence-corrected chi connectivity index (χ3v) is 6.15. The minimum absolute atomic E-state index is 0.0671. The summed E-state index contributed by atoms with van der Waals surface area (Å²) in [7, 11) is 0. The normalized spacial score (nSPS) is 12.5. The van der Waals surface area contributed by atoms with Crippen LogP contribution >= 0.6 is 11.8 Å². The molecule has 1 aromatic carbocycles. The van der Waals surface area contributed by atoms with Gasteiger partial charge in [-0.1, -0.05) is 37.7 Å². The number of H-pyrrole nitrogens is 1. The van der Waals surface area contributed by atoms with Crippen molar-refractivity contribution in [1.29, 1.82) is 0 Å². The quantitative estimate of drug-likeness (QED) is 0.341. The standard InChI is InChI=1S/C23H27N3O3S/c1-12(2)11-26-22(29)17-9-7-8-10-18(17)25-23(26)30-16(6)21(28)20-13(3)19(15(5)27)14(4)24-20/h7-10,12,16,24H,11H2,1-6H3/t16-/m0/s1. The molecule has 1 N–H and O–H groups in total. The van der Waals surface area contributed by atoms with Crippen LogP contribution in [0.4, 0.5) is 0 Å². The third-order valence-electron chi connectivity index (χ3n) is 5.06. The smallest absolute Gasteiger partial charge is 0.262 e. The van der Waals surface area contributed by atoms with Gasteiger partial charge in [0, 0.05) is 17.8 Å². The van der Waals surface area contributed by atoms with Crippen molar-refractivity contribution in [2.45, 2.75) is 58.5 Å². The Morgan fingerprint density at radius 3 is 2.43 bits per heavy atom. The highest BCUT2D eigenvalue weighted by Crippen LogP contribution is 2.28. The van der Waals surface area contributed by atoms with Crippen LogP contribution in [0.25, 0.3) is 10.9 Å². The van der Waals surface area contributed by atoms with Crippen molar-refractivity contribution in [2.75, 3.05) is 0 Å². The van der Waals surface area contributed by atoms with Gasteiger partial charge in [-0.3, -0.25) is 19.0 Å². The van der Waals surface area contributed by atoms with E-state index in [0.717, 1.165) is 0 Å². The van der Waals surface area contributed by atoms with E-state index in [9.17, 15) is 14.4 Å². The molecule has 0 aliphatic rings. The van der Waals surface area contributed by atoms with Gasteiger partial charge in [0.05, 0.1) is 21.8 Å². The fourth-order valence-electron chi connectivity index (χ4n) is 3.70. The summed E-state index contributed by atoms with van der Waals surface area (Å²) in [6.07, 6.45) is 0. The molecule has 0 aliphatic heterocycles. The molecule has 6 nitrogen and oxygen atoms in total. The number of hydrogen-bond donors (Lipinski definition) is 1. The molecule has 2 heterocycles. The van der Waals surface area contributed by atoms with Gasteiger partial charge >= 0.3 is 0 Å². The Bertz CT molecular complexity index is 1190. The fourth-order valence-corrected chi connectivity index (χ4v) is 4.68. The SMILES string of the molecule is CC(=O)c1c(C)[nH]c(C(=O)[C@H](C)Sc2nc3ccccc3c(=O)n2CC(C)C)c1C. The molecule has 158 valence electrons. The largest absolute Gasteiger partial charge is 0.355 e. The molecular formula is C23H27N3O3S. The average Bonchev–Trinajstić information content (AvgIpc) is 2.98. The summed E-state index contributed by atoms with van der Waals surface area (Å²) in [5, 5.41) is 0.623. The number of nitrogens with one attached hydrogen (secondary N) is 1. The number of para-hydroxylation sites is 1. The van der Waals surface area contributed by atoms with Gasteiger partial charge in [0.2, 0.25) is 0 Å². The van der Waals surface area contributed by atoms with E-state index in [0.29, 0.717) is 45.1 Å². The molecule has 0 aliphatic carbocycles. The van der Waals surface area contributed by atoms with Gasteiger partial charge < -0.3 is 4.98 Å². The lowest BCUT2D eigenvalue weighted by Crippen LogP contribution is -2.27. The number of aromatic nitrogens is 3.